The lowest BCUT2D eigenvalue weighted by molar-refractivity contribution is -0.124. The molecule has 2 aliphatic heterocycles. The third-order valence-electron chi connectivity index (χ3n) is 7.21. The van der Waals surface area contributed by atoms with Crippen LogP contribution in [0.1, 0.15) is 61.3 Å². The molecule has 0 bridgehead atoms. The minimum atomic E-state index is -3.55. The normalized spacial score (nSPS) is 21.0. The number of hydrogen-bond acceptors (Lipinski definition) is 4. The Morgan fingerprint density at radius 3 is 2.56 bits per heavy atom. The monoisotopic (exact) mass is 481 g/mol. The topological polar surface area (TPSA) is 86.8 Å². The van der Waals surface area contributed by atoms with Gasteiger partial charge in [-0.2, -0.15) is 4.31 Å². The van der Waals surface area contributed by atoms with Crippen molar-refractivity contribution in [2.45, 2.75) is 62.3 Å². The van der Waals surface area contributed by atoms with Crippen LogP contribution in [-0.4, -0.2) is 44.2 Å². The van der Waals surface area contributed by atoms with Crippen molar-refractivity contribution in [2.75, 3.05) is 24.5 Å². The zero-order valence-corrected chi connectivity index (χ0v) is 20.1. The molecule has 2 heterocycles. The molecule has 0 saturated carbocycles. The number of aryl methyl sites for hydroxylation is 2. The number of benzene rings is 2. The zero-order chi connectivity index (χ0) is 23.7. The van der Waals surface area contributed by atoms with Crippen molar-refractivity contribution in [1.29, 1.82) is 0 Å². The quantitative estimate of drug-likeness (QED) is 0.710. The Balaban J connectivity index is 1.33. The first kappa shape index (κ1) is 23.1. The SMILES string of the molecule is O=C(CN1C(=O)CCc2cc(S(=O)(=O)N3CCCCC3)ccc21)N[C@H]1CCCc2ccccc21. The number of carbonyl (C=O) groups excluding carboxylic acids is 2. The van der Waals surface area contributed by atoms with E-state index in [0.717, 1.165) is 49.7 Å². The van der Waals surface area contributed by atoms with E-state index in [4.69, 9.17) is 0 Å². The predicted octanol–water partition coefficient (Wildman–Crippen LogP) is 3.33. The molecule has 2 aromatic rings. The summed E-state index contributed by atoms with van der Waals surface area (Å²) < 4.78 is 27.8. The molecule has 1 fully saturated rings. The van der Waals surface area contributed by atoms with Gasteiger partial charge in [0.25, 0.3) is 0 Å². The van der Waals surface area contributed by atoms with Crippen molar-refractivity contribution in [1.82, 2.24) is 9.62 Å². The van der Waals surface area contributed by atoms with Crippen LogP contribution in [-0.2, 0) is 32.5 Å². The molecular weight excluding hydrogens is 450 g/mol. The van der Waals surface area contributed by atoms with E-state index in [9.17, 15) is 18.0 Å². The number of carbonyl (C=O) groups is 2. The lowest BCUT2D eigenvalue weighted by Crippen LogP contribution is -2.44. The lowest BCUT2D eigenvalue weighted by atomic mass is 9.88. The van der Waals surface area contributed by atoms with E-state index in [2.05, 4.69) is 17.4 Å². The Morgan fingerprint density at radius 1 is 0.941 bits per heavy atom. The van der Waals surface area contributed by atoms with Gasteiger partial charge in [0.1, 0.15) is 6.54 Å². The van der Waals surface area contributed by atoms with Crippen molar-refractivity contribution in [3.8, 4) is 0 Å². The van der Waals surface area contributed by atoms with E-state index in [1.165, 1.54) is 10.5 Å². The summed E-state index contributed by atoms with van der Waals surface area (Å²) in [5.74, 6) is -0.314. The van der Waals surface area contributed by atoms with Crippen molar-refractivity contribution in [2.24, 2.45) is 0 Å². The summed E-state index contributed by atoms with van der Waals surface area (Å²) in [4.78, 5) is 27.5. The fraction of sp³-hybridized carbons (Fsp3) is 0.462. The van der Waals surface area contributed by atoms with Gasteiger partial charge < -0.3 is 10.2 Å². The van der Waals surface area contributed by atoms with E-state index in [0.29, 0.717) is 25.2 Å². The van der Waals surface area contributed by atoms with E-state index in [-0.39, 0.29) is 35.7 Å². The maximum Gasteiger partial charge on any atom is 0.243 e. The zero-order valence-electron chi connectivity index (χ0n) is 19.3. The highest BCUT2D eigenvalue weighted by Gasteiger charge is 2.31. The number of fused-ring (bicyclic) bond motifs is 2. The van der Waals surface area contributed by atoms with Crippen molar-refractivity contribution < 1.29 is 18.0 Å². The third-order valence-corrected chi connectivity index (χ3v) is 9.10. The fourth-order valence-electron chi connectivity index (χ4n) is 5.41. The summed E-state index contributed by atoms with van der Waals surface area (Å²) >= 11 is 0. The van der Waals surface area contributed by atoms with Crippen LogP contribution in [0, 0.1) is 0 Å². The molecule has 1 saturated heterocycles. The molecule has 0 aromatic heterocycles. The summed E-state index contributed by atoms with van der Waals surface area (Å²) in [6, 6.07) is 13.1. The van der Waals surface area contributed by atoms with Gasteiger partial charge in [0, 0.05) is 25.2 Å². The average Bonchev–Trinajstić information content (AvgIpc) is 2.86. The molecule has 2 amide bonds. The first-order valence-corrected chi connectivity index (χ1v) is 13.7. The van der Waals surface area contributed by atoms with Crippen LogP contribution >= 0.6 is 0 Å². The second-order valence-corrected chi connectivity index (χ2v) is 11.4. The summed E-state index contributed by atoms with van der Waals surface area (Å²) in [5.41, 5.74) is 3.85. The van der Waals surface area contributed by atoms with Crippen LogP contribution in [0.25, 0.3) is 0 Å². The highest BCUT2D eigenvalue weighted by molar-refractivity contribution is 7.89. The number of piperidine rings is 1. The van der Waals surface area contributed by atoms with Gasteiger partial charge in [0.2, 0.25) is 21.8 Å². The molecule has 8 heteroatoms. The van der Waals surface area contributed by atoms with Crippen molar-refractivity contribution >= 4 is 27.5 Å². The highest BCUT2D eigenvalue weighted by atomic mass is 32.2. The van der Waals surface area contributed by atoms with E-state index < -0.39 is 10.0 Å². The van der Waals surface area contributed by atoms with E-state index in [1.54, 1.807) is 22.5 Å². The minimum Gasteiger partial charge on any atom is -0.348 e. The molecule has 1 aliphatic carbocycles. The second-order valence-electron chi connectivity index (χ2n) is 9.45. The summed E-state index contributed by atoms with van der Waals surface area (Å²) in [6.07, 6.45) is 6.48. The van der Waals surface area contributed by atoms with Crippen LogP contribution in [0.4, 0.5) is 5.69 Å². The summed E-state index contributed by atoms with van der Waals surface area (Å²) in [6.45, 7) is 1.03. The number of hydrogen-bond donors (Lipinski definition) is 1. The van der Waals surface area contributed by atoms with Crippen LogP contribution in [0.5, 0.6) is 0 Å². The Labute approximate surface area is 201 Å². The van der Waals surface area contributed by atoms with Gasteiger partial charge in [-0.25, -0.2) is 8.42 Å². The number of nitrogens with one attached hydrogen (secondary N) is 1. The first-order valence-electron chi connectivity index (χ1n) is 12.2. The van der Waals surface area contributed by atoms with Gasteiger partial charge in [-0.3, -0.25) is 9.59 Å². The molecule has 0 unspecified atom stereocenters. The smallest absolute Gasteiger partial charge is 0.243 e. The molecular formula is C26H31N3O4S. The van der Waals surface area contributed by atoms with Crippen molar-refractivity contribution in [3.63, 3.8) is 0 Å². The average molecular weight is 482 g/mol. The third kappa shape index (κ3) is 4.49. The molecule has 34 heavy (non-hydrogen) atoms. The summed E-state index contributed by atoms with van der Waals surface area (Å²) in [5, 5.41) is 3.12. The molecule has 3 aliphatic rings. The molecule has 5 rings (SSSR count). The van der Waals surface area contributed by atoms with E-state index >= 15 is 0 Å². The Morgan fingerprint density at radius 2 is 1.74 bits per heavy atom. The number of sulfonamides is 1. The maximum atomic E-state index is 13.1. The number of nitrogens with zero attached hydrogens (tertiary/aromatic N) is 2. The highest BCUT2D eigenvalue weighted by Crippen LogP contribution is 2.32. The Bertz CT molecular complexity index is 1200. The predicted molar refractivity (Wildman–Crippen MR) is 130 cm³/mol. The van der Waals surface area contributed by atoms with E-state index in [1.807, 2.05) is 12.1 Å². The molecule has 0 spiro atoms. The van der Waals surface area contributed by atoms with Gasteiger partial charge in [-0.05, 0) is 73.4 Å². The maximum absolute atomic E-state index is 13.1. The molecule has 180 valence electrons. The second kappa shape index (κ2) is 9.50. The van der Waals surface area contributed by atoms with Crippen LogP contribution in [0.15, 0.2) is 47.4 Å². The van der Waals surface area contributed by atoms with Gasteiger partial charge in [-0.1, -0.05) is 30.7 Å². The van der Waals surface area contributed by atoms with Gasteiger partial charge in [0.05, 0.1) is 10.9 Å². The van der Waals surface area contributed by atoms with Gasteiger partial charge >= 0.3 is 0 Å². The van der Waals surface area contributed by atoms with Crippen LogP contribution in [0.2, 0.25) is 0 Å². The molecule has 1 N–H and O–H groups in total. The van der Waals surface area contributed by atoms with Gasteiger partial charge in [0.15, 0.2) is 0 Å². The first-order chi connectivity index (χ1) is 16.4. The summed E-state index contributed by atoms with van der Waals surface area (Å²) in [7, 11) is -3.55. The molecule has 0 radical (unpaired) electrons. The van der Waals surface area contributed by atoms with Gasteiger partial charge in [-0.15, -0.1) is 0 Å². The Hall–Kier alpha value is -2.71. The largest absolute Gasteiger partial charge is 0.348 e. The van der Waals surface area contributed by atoms with Crippen LogP contribution in [0.3, 0.4) is 0 Å². The number of amides is 2. The lowest BCUT2D eigenvalue weighted by Gasteiger charge is -2.32. The van der Waals surface area contributed by atoms with Crippen molar-refractivity contribution in [3.05, 3.63) is 59.2 Å². The Kier molecular flexibility index (Phi) is 6.44. The molecule has 7 nitrogen and oxygen atoms in total. The number of rotatable bonds is 5. The number of anilines is 1. The fourth-order valence-corrected chi connectivity index (χ4v) is 6.98. The minimum absolute atomic E-state index is 0.0473. The molecule has 2 aromatic carbocycles. The standard InChI is InChI=1S/C26H31N3O4S/c30-25(27-23-10-6-8-19-7-2-3-9-22(19)23)18-29-24-13-12-21(17-20(24)11-14-26(29)31)34(32,33)28-15-4-1-5-16-28/h2-3,7,9,12-13,17,23H,1,4-6,8,10-11,14-16,18H2,(H,27,30)/t23-/m0/s1. The molecule has 1 atom stereocenters. The van der Waals surface area contributed by atoms with Crippen LogP contribution < -0.4 is 10.2 Å².